The normalized spacial score (nSPS) is 19.2. The molecular formula is C51H72N8O7S4. The largest absolute Gasteiger partial charge is 0.508 e. The van der Waals surface area contributed by atoms with Crippen molar-refractivity contribution in [1.82, 2.24) is 40.0 Å². The first-order valence-corrected chi connectivity index (χ1v) is 23.1. The lowest BCUT2D eigenvalue weighted by Crippen LogP contribution is -2.62. The summed E-state index contributed by atoms with van der Waals surface area (Å²) in [6, 6.07) is 12.5. The van der Waals surface area contributed by atoms with Gasteiger partial charge in [-0.2, -0.15) is 54.0 Å². The van der Waals surface area contributed by atoms with Gasteiger partial charge in [-0.15, -0.1) is 0 Å². The Morgan fingerprint density at radius 3 is 2.40 bits per heavy atom. The summed E-state index contributed by atoms with van der Waals surface area (Å²) < 4.78 is 8.35. The van der Waals surface area contributed by atoms with E-state index in [-0.39, 0.29) is 104 Å². The van der Waals surface area contributed by atoms with Gasteiger partial charge in [0.1, 0.15) is 23.9 Å². The SMILES string of the molecule is CCn1c(-c2cccnc2)c2c3cc(ccc31)-c1cc(O)cc(c1)C[C@H](NC(=O)[C@H](C(C)C)N(C)C(=O)[C@H]1CCN(C(=O)C#CCN(C)C)C1)C(=O)N1CCC[C@H](N1)C(=O)OCC(C)(C)C2.S.S.S.S. The van der Waals surface area contributed by atoms with E-state index >= 15 is 0 Å². The minimum Gasteiger partial charge on any atom is -0.508 e. The predicted molar refractivity (Wildman–Crippen MR) is 294 cm³/mol. The van der Waals surface area contributed by atoms with E-state index in [1.165, 1.54) is 9.91 Å². The van der Waals surface area contributed by atoms with E-state index in [0.29, 0.717) is 50.9 Å². The van der Waals surface area contributed by atoms with E-state index in [9.17, 15) is 29.1 Å². The monoisotopic (exact) mass is 1040 g/mol. The van der Waals surface area contributed by atoms with Crippen molar-refractivity contribution in [2.45, 2.75) is 91.4 Å². The Kier molecular flexibility index (Phi) is 21.7. The van der Waals surface area contributed by atoms with Crippen molar-refractivity contribution in [3.05, 3.63) is 72.1 Å². The number of amides is 4. The molecule has 0 unspecified atom stereocenters. The number of aromatic nitrogens is 2. The van der Waals surface area contributed by atoms with Crippen molar-refractivity contribution >= 4 is 94.5 Å². The smallest absolute Gasteiger partial charge is 0.324 e. The fraction of sp³-hybridized carbons (Fsp3) is 0.490. The number of rotatable bonds is 8. The third kappa shape index (κ3) is 13.6. The number of aryl methyl sites for hydroxylation is 1. The molecule has 2 saturated heterocycles. The Bertz CT molecular complexity index is 2560. The molecule has 3 aliphatic rings. The van der Waals surface area contributed by atoms with Gasteiger partial charge in [0.05, 0.1) is 24.8 Å². The van der Waals surface area contributed by atoms with Gasteiger partial charge in [0, 0.05) is 73.9 Å². The first-order valence-electron chi connectivity index (χ1n) is 23.1. The summed E-state index contributed by atoms with van der Waals surface area (Å²) >= 11 is 0. The highest BCUT2D eigenvalue weighted by Gasteiger charge is 2.40. The van der Waals surface area contributed by atoms with Gasteiger partial charge >= 0.3 is 5.97 Å². The van der Waals surface area contributed by atoms with Gasteiger partial charge in [-0.3, -0.25) is 38.9 Å². The summed E-state index contributed by atoms with van der Waals surface area (Å²) in [5.74, 6) is 2.55. The van der Waals surface area contributed by atoms with Crippen LogP contribution >= 0.6 is 54.0 Å². The number of esters is 1. The molecule has 0 aliphatic carbocycles. The number of pyridine rings is 1. The third-order valence-corrected chi connectivity index (χ3v) is 12.9. The van der Waals surface area contributed by atoms with Crippen LogP contribution in [0.2, 0.25) is 0 Å². The van der Waals surface area contributed by atoms with Crippen LogP contribution in [-0.2, 0) is 48.1 Å². The number of fused-ring (bicyclic) bond motifs is 6. The number of aromatic hydroxyl groups is 1. The average molecular weight is 1040 g/mol. The van der Waals surface area contributed by atoms with Gasteiger partial charge in [-0.1, -0.05) is 45.7 Å². The number of hydrazine groups is 1. The number of carbonyl (C=O) groups is 5. The lowest BCUT2D eigenvalue weighted by atomic mass is 9.84. The number of phenolic OH excluding ortho intramolecular Hbond substituents is 1. The van der Waals surface area contributed by atoms with Gasteiger partial charge in [0.25, 0.3) is 11.8 Å². The number of nitrogens with one attached hydrogen (secondary N) is 2. The maximum absolute atomic E-state index is 14.7. The molecule has 5 heterocycles. The standard InChI is InChI=1S/C51H64N8O7.4H2S/c1-9-58-43-17-16-34-27-39(43)40(46(58)35-13-10-19-52-29-35)28-51(4,5)31-66-50(65)41-14-11-21-59(54-41)49(64)42(25-33-23-37(34)26-38(60)24-33)53-47(62)45(32(2)3)56(8)48(63)36-18-22-57(30-36)44(61)15-12-20-55(6)7;;;;/h10,13,16-17,19,23-24,26-27,29,32,36,41-42,45,54,60H,9,11,14,18,20-22,25,28,30-31H2,1-8H3,(H,53,62);4*1H2/t36-,41-,42-,45-;;;;/m0..../s1. The van der Waals surface area contributed by atoms with E-state index in [0.717, 1.165) is 38.9 Å². The van der Waals surface area contributed by atoms with Gasteiger partial charge in [-0.25, -0.2) is 5.43 Å². The van der Waals surface area contributed by atoms with Crippen LogP contribution in [-0.4, -0.2) is 136 Å². The van der Waals surface area contributed by atoms with E-state index < -0.39 is 47.2 Å². The molecule has 6 bridgehead atoms. The van der Waals surface area contributed by atoms with E-state index in [4.69, 9.17) is 4.74 Å². The number of hydrogen-bond acceptors (Lipinski definition) is 10. The van der Waals surface area contributed by atoms with Gasteiger partial charge in [0.2, 0.25) is 11.8 Å². The molecule has 7 rings (SSSR count). The molecule has 0 radical (unpaired) electrons. The van der Waals surface area contributed by atoms with Crippen LogP contribution in [0.1, 0.15) is 65.0 Å². The zero-order valence-electron chi connectivity index (χ0n) is 41.5. The quantitative estimate of drug-likeness (QED) is 0.160. The van der Waals surface area contributed by atoms with Crippen LogP contribution in [0.15, 0.2) is 60.9 Å². The van der Waals surface area contributed by atoms with Gasteiger partial charge in [-0.05, 0) is 117 Å². The number of benzene rings is 2. The van der Waals surface area contributed by atoms with Crippen molar-refractivity contribution in [3.8, 4) is 40.0 Å². The maximum Gasteiger partial charge on any atom is 0.324 e. The number of ether oxygens (including phenoxy) is 1. The number of carbonyl (C=O) groups excluding carboxylic acids is 5. The molecule has 0 saturated carbocycles. The van der Waals surface area contributed by atoms with Crippen molar-refractivity contribution in [1.29, 1.82) is 0 Å². The molecule has 15 nitrogen and oxygen atoms in total. The van der Waals surface area contributed by atoms with Crippen molar-refractivity contribution in [3.63, 3.8) is 0 Å². The molecule has 4 aromatic rings. The van der Waals surface area contributed by atoms with Crippen LogP contribution in [0.25, 0.3) is 33.3 Å². The topological polar surface area (TPSA) is 170 Å². The number of phenols is 1. The Morgan fingerprint density at radius 2 is 1.73 bits per heavy atom. The van der Waals surface area contributed by atoms with E-state index in [1.54, 1.807) is 30.3 Å². The predicted octanol–water partition coefficient (Wildman–Crippen LogP) is 5.09. The van der Waals surface area contributed by atoms with Crippen molar-refractivity contribution < 1.29 is 33.8 Å². The summed E-state index contributed by atoms with van der Waals surface area (Å²) in [4.78, 5) is 79.3. The summed E-state index contributed by atoms with van der Waals surface area (Å²) in [6.07, 6.45) is 5.59. The molecule has 0 spiro atoms. The summed E-state index contributed by atoms with van der Waals surface area (Å²) in [5.41, 5.74) is 8.91. The first-order chi connectivity index (χ1) is 31.4. The zero-order valence-corrected chi connectivity index (χ0v) is 45.5. The highest BCUT2D eigenvalue weighted by molar-refractivity contribution is 7.59. The molecule has 3 aliphatic heterocycles. The minimum atomic E-state index is -1.16. The van der Waals surface area contributed by atoms with Gasteiger partial charge < -0.3 is 29.5 Å². The van der Waals surface area contributed by atoms with Crippen LogP contribution in [0, 0.1) is 29.1 Å². The molecule has 19 heteroatoms. The first kappa shape index (κ1) is 59.5. The summed E-state index contributed by atoms with van der Waals surface area (Å²) in [5, 5.41) is 16.7. The summed E-state index contributed by atoms with van der Waals surface area (Å²) in [7, 11) is 5.32. The second-order valence-electron chi connectivity index (χ2n) is 19.4. The van der Waals surface area contributed by atoms with Crippen molar-refractivity contribution in [2.75, 3.05) is 53.9 Å². The Balaban J connectivity index is 0.00000324. The average Bonchev–Trinajstić information content (AvgIpc) is 3.90. The molecule has 382 valence electrons. The van der Waals surface area contributed by atoms with Gasteiger partial charge in [0.15, 0.2) is 0 Å². The lowest BCUT2D eigenvalue weighted by Gasteiger charge is -2.37. The summed E-state index contributed by atoms with van der Waals surface area (Å²) in [6.45, 7) is 12.1. The molecule has 3 N–H and O–H groups in total. The molecule has 2 aromatic heterocycles. The third-order valence-electron chi connectivity index (χ3n) is 12.9. The van der Waals surface area contributed by atoms with Crippen LogP contribution in [0.5, 0.6) is 5.75 Å². The maximum atomic E-state index is 14.7. The van der Waals surface area contributed by atoms with Crippen LogP contribution in [0.3, 0.4) is 0 Å². The number of likely N-dealkylation sites (N-methyl/N-ethyl adjacent to an activating group) is 1. The molecule has 4 amide bonds. The number of cyclic esters (lactones) is 1. The van der Waals surface area contributed by atoms with E-state index in [1.807, 2.05) is 57.2 Å². The fourth-order valence-corrected chi connectivity index (χ4v) is 9.64. The van der Waals surface area contributed by atoms with Crippen molar-refractivity contribution in [2.24, 2.45) is 17.3 Å². The van der Waals surface area contributed by atoms with Crippen LogP contribution in [0.4, 0.5) is 0 Å². The van der Waals surface area contributed by atoms with Crippen LogP contribution < -0.4 is 10.7 Å². The molecule has 2 fully saturated rings. The molecular weight excluding hydrogens is 965 g/mol. The number of hydrogen-bond donors (Lipinski definition) is 3. The second-order valence-corrected chi connectivity index (χ2v) is 19.4. The Morgan fingerprint density at radius 1 is 0.986 bits per heavy atom. The Hall–Kier alpha value is -4.84. The number of likely N-dealkylation sites (tertiary alicyclic amines) is 1. The minimum absolute atomic E-state index is 0. The lowest BCUT2D eigenvalue weighted by molar-refractivity contribution is -0.155. The highest BCUT2D eigenvalue weighted by Crippen LogP contribution is 2.40. The highest BCUT2D eigenvalue weighted by atomic mass is 32.1. The van der Waals surface area contributed by atoms with E-state index in [2.05, 4.69) is 71.1 Å². The zero-order chi connectivity index (χ0) is 47.4. The Labute approximate surface area is 440 Å². The number of nitrogens with zero attached hydrogens (tertiary/aromatic N) is 6. The molecule has 70 heavy (non-hydrogen) atoms. The fourth-order valence-electron chi connectivity index (χ4n) is 9.64. The molecule has 4 atom stereocenters. The molecule has 2 aromatic carbocycles. The second kappa shape index (κ2) is 25.5.